The molecule has 0 N–H and O–H groups in total. The van der Waals surface area contributed by atoms with E-state index in [9.17, 15) is 8.42 Å². The van der Waals surface area contributed by atoms with Gasteiger partial charge in [0.15, 0.2) is 0 Å². The average Bonchev–Trinajstić information content (AvgIpc) is 2.57. The molecule has 140 valence electrons. The number of hydrogen-bond acceptors (Lipinski definition) is 3. The molecule has 0 spiro atoms. The predicted molar refractivity (Wildman–Crippen MR) is 105 cm³/mol. The Morgan fingerprint density at radius 1 is 0.962 bits per heavy atom. The molecule has 0 aliphatic carbocycles. The highest BCUT2D eigenvalue weighted by Crippen LogP contribution is 2.31. The second kappa shape index (κ2) is 7.49. The number of ether oxygens (including phenoxy) is 1. The van der Waals surface area contributed by atoms with Gasteiger partial charge in [-0.1, -0.05) is 29.3 Å². The first-order chi connectivity index (χ1) is 12.2. The van der Waals surface area contributed by atoms with E-state index in [2.05, 4.69) is 0 Å². The monoisotopic (exact) mass is 413 g/mol. The summed E-state index contributed by atoms with van der Waals surface area (Å²) in [5, 5.41) is 1.00. The minimum absolute atomic E-state index is 0.228. The molecule has 1 saturated heterocycles. The Bertz CT molecular complexity index is 924. The zero-order valence-electron chi connectivity index (χ0n) is 14.9. The van der Waals surface area contributed by atoms with Gasteiger partial charge in [-0.25, -0.2) is 8.42 Å². The van der Waals surface area contributed by atoms with Crippen molar-refractivity contribution in [2.45, 2.75) is 31.8 Å². The molecule has 1 fully saturated rings. The zero-order chi connectivity index (χ0) is 19.1. The molecule has 2 aromatic rings. The third-order valence-corrected chi connectivity index (χ3v) is 7.14. The van der Waals surface area contributed by atoms with Gasteiger partial charge in [-0.2, -0.15) is 4.31 Å². The van der Waals surface area contributed by atoms with E-state index in [0.717, 1.165) is 22.3 Å². The Morgan fingerprint density at radius 3 is 2.23 bits per heavy atom. The normalized spacial score (nSPS) is 18.9. The Morgan fingerprint density at radius 2 is 1.58 bits per heavy atom. The Hall–Kier alpha value is -1.11. The summed E-state index contributed by atoms with van der Waals surface area (Å²) in [5.41, 5.74) is 3.57. The molecule has 3 rings (SSSR count). The van der Waals surface area contributed by atoms with Crippen LogP contribution in [0.5, 0.6) is 0 Å². The van der Waals surface area contributed by atoms with Crippen molar-refractivity contribution in [3.63, 3.8) is 0 Å². The van der Waals surface area contributed by atoms with E-state index in [-0.39, 0.29) is 6.54 Å². The summed E-state index contributed by atoms with van der Waals surface area (Å²) in [6, 6.07) is 8.82. The fourth-order valence-corrected chi connectivity index (χ4v) is 5.42. The molecule has 0 radical (unpaired) electrons. The number of morpholine rings is 1. The molecule has 26 heavy (non-hydrogen) atoms. The van der Waals surface area contributed by atoms with E-state index in [1.807, 2.05) is 26.8 Å². The minimum Gasteiger partial charge on any atom is -0.371 e. The van der Waals surface area contributed by atoms with E-state index in [1.165, 1.54) is 4.31 Å². The van der Waals surface area contributed by atoms with Crippen LogP contribution in [-0.4, -0.2) is 32.4 Å². The van der Waals surface area contributed by atoms with Gasteiger partial charge in [-0.15, -0.1) is 0 Å². The number of sulfonamides is 1. The van der Waals surface area contributed by atoms with E-state index >= 15 is 0 Å². The van der Waals surface area contributed by atoms with Crippen molar-refractivity contribution in [1.82, 2.24) is 4.31 Å². The molecule has 4 nitrogen and oxygen atoms in total. The van der Waals surface area contributed by atoms with Gasteiger partial charge in [0.05, 0.1) is 17.6 Å². The molecule has 1 aliphatic rings. The van der Waals surface area contributed by atoms with E-state index in [4.69, 9.17) is 27.9 Å². The summed E-state index contributed by atoms with van der Waals surface area (Å²) in [6.07, 6.45) is -0.401. The highest BCUT2D eigenvalue weighted by Gasteiger charge is 2.32. The van der Waals surface area contributed by atoms with Gasteiger partial charge in [0.25, 0.3) is 0 Å². The predicted octanol–water partition coefficient (Wildman–Crippen LogP) is 4.68. The molecular formula is C19H21Cl2NO3S. The molecule has 1 unspecified atom stereocenters. The van der Waals surface area contributed by atoms with Crippen molar-refractivity contribution in [3.05, 3.63) is 62.6 Å². The molecule has 0 amide bonds. The molecule has 1 atom stereocenters. The maximum Gasteiger partial charge on any atom is 0.243 e. The third kappa shape index (κ3) is 3.92. The quantitative estimate of drug-likeness (QED) is 0.733. The first-order valence-electron chi connectivity index (χ1n) is 8.34. The van der Waals surface area contributed by atoms with Crippen LogP contribution < -0.4 is 0 Å². The summed E-state index contributed by atoms with van der Waals surface area (Å²) in [6.45, 7) is 6.59. The van der Waals surface area contributed by atoms with Gasteiger partial charge >= 0.3 is 0 Å². The molecular weight excluding hydrogens is 393 g/mol. The Labute approximate surface area is 164 Å². The van der Waals surface area contributed by atoms with Crippen molar-refractivity contribution >= 4 is 33.2 Å². The van der Waals surface area contributed by atoms with Crippen molar-refractivity contribution in [3.8, 4) is 0 Å². The van der Waals surface area contributed by atoms with Crippen LogP contribution in [-0.2, 0) is 14.8 Å². The van der Waals surface area contributed by atoms with Crippen LogP contribution in [0.1, 0.15) is 28.4 Å². The first-order valence-corrected chi connectivity index (χ1v) is 10.5. The van der Waals surface area contributed by atoms with Crippen molar-refractivity contribution < 1.29 is 13.2 Å². The SMILES string of the molecule is Cc1cc(C)c(S(=O)(=O)N2CCOC(c3cc(Cl)cc(Cl)c3)C2)cc1C. The van der Waals surface area contributed by atoms with Crippen LogP contribution >= 0.6 is 23.2 Å². The summed E-state index contributed by atoms with van der Waals surface area (Å²) < 4.78 is 33.7. The van der Waals surface area contributed by atoms with Crippen molar-refractivity contribution in [2.75, 3.05) is 19.7 Å². The van der Waals surface area contributed by atoms with Gasteiger partial charge in [0, 0.05) is 23.1 Å². The number of rotatable bonds is 3. The number of nitrogens with zero attached hydrogens (tertiary/aromatic N) is 1. The summed E-state index contributed by atoms with van der Waals surface area (Å²) in [7, 11) is -3.61. The summed E-state index contributed by atoms with van der Waals surface area (Å²) in [5.74, 6) is 0. The molecule has 7 heteroatoms. The lowest BCUT2D eigenvalue weighted by Gasteiger charge is -2.33. The zero-order valence-corrected chi connectivity index (χ0v) is 17.2. The molecule has 2 aromatic carbocycles. The average molecular weight is 414 g/mol. The van der Waals surface area contributed by atoms with Crippen LogP contribution in [0.2, 0.25) is 10.0 Å². The van der Waals surface area contributed by atoms with E-state index in [1.54, 1.807) is 24.3 Å². The molecule has 0 saturated carbocycles. The van der Waals surface area contributed by atoms with Crippen molar-refractivity contribution in [1.29, 1.82) is 0 Å². The lowest BCUT2D eigenvalue weighted by Crippen LogP contribution is -2.42. The lowest BCUT2D eigenvalue weighted by atomic mass is 10.1. The second-order valence-electron chi connectivity index (χ2n) is 6.63. The maximum absolute atomic E-state index is 13.2. The van der Waals surface area contributed by atoms with Gasteiger partial charge in [-0.3, -0.25) is 0 Å². The van der Waals surface area contributed by atoms with E-state index < -0.39 is 16.1 Å². The molecule has 0 aromatic heterocycles. The largest absolute Gasteiger partial charge is 0.371 e. The first kappa shape index (κ1) is 19.6. The van der Waals surface area contributed by atoms with E-state index in [0.29, 0.717) is 28.1 Å². The van der Waals surface area contributed by atoms with Gasteiger partial charge in [-0.05, 0) is 67.3 Å². The number of hydrogen-bond donors (Lipinski definition) is 0. The highest BCUT2D eigenvalue weighted by molar-refractivity contribution is 7.89. The van der Waals surface area contributed by atoms with Crippen LogP contribution in [0.3, 0.4) is 0 Å². The summed E-state index contributed by atoms with van der Waals surface area (Å²) in [4.78, 5) is 0.352. The molecule has 0 bridgehead atoms. The third-order valence-electron chi connectivity index (χ3n) is 4.69. The molecule has 1 aliphatic heterocycles. The van der Waals surface area contributed by atoms with Gasteiger partial charge < -0.3 is 4.74 Å². The topological polar surface area (TPSA) is 46.6 Å². The lowest BCUT2D eigenvalue weighted by molar-refractivity contribution is -0.00255. The number of aryl methyl sites for hydroxylation is 3. The molecule has 1 heterocycles. The van der Waals surface area contributed by atoms with Gasteiger partial charge in [0.1, 0.15) is 0 Å². The summed E-state index contributed by atoms with van der Waals surface area (Å²) >= 11 is 12.1. The van der Waals surface area contributed by atoms with Crippen LogP contribution in [0, 0.1) is 20.8 Å². The fraction of sp³-hybridized carbons (Fsp3) is 0.368. The number of halogens is 2. The fourth-order valence-electron chi connectivity index (χ4n) is 3.16. The Kier molecular flexibility index (Phi) is 5.66. The standard InChI is InChI=1S/C19H21Cl2NO3S/c1-12-6-14(3)19(7-13(12)2)26(23,24)22-4-5-25-18(11-22)15-8-16(20)10-17(21)9-15/h6-10,18H,4-5,11H2,1-3H3. The maximum atomic E-state index is 13.2. The van der Waals surface area contributed by atoms with Crippen LogP contribution in [0.4, 0.5) is 0 Å². The van der Waals surface area contributed by atoms with Crippen LogP contribution in [0.15, 0.2) is 35.2 Å². The minimum atomic E-state index is -3.61. The highest BCUT2D eigenvalue weighted by atomic mass is 35.5. The second-order valence-corrected chi connectivity index (χ2v) is 9.41. The van der Waals surface area contributed by atoms with Gasteiger partial charge in [0.2, 0.25) is 10.0 Å². The smallest absolute Gasteiger partial charge is 0.243 e. The Balaban J connectivity index is 1.92. The van der Waals surface area contributed by atoms with Crippen molar-refractivity contribution in [2.24, 2.45) is 0 Å². The number of benzene rings is 2. The van der Waals surface area contributed by atoms with Crippen LogP contribution in [0.25, 0.3) is 0 Å².